The van der Waals surface area contributed by atoms with E-state index in [1.165, 1.54) is 5.56 Å². The highest BCUT2D eigenvalue weighted by Gasteiger charge is 2.29. The van der Waals surface area contributed by atoms with E-state index in [2.05, 4.69) is 58.6 Å². The third-order valence-corrected chi connectivity index (χ3v) is 6.58. The minimum absolute atomic E-state index is 0.0112. The molecule has 0 radical (unpaired) electrons. The van der Waals surface area contributed by atoms with Crippen LogP contribution in [0.5, 0.6) is 5.75 Å². The van der Waals surface area contributed by atoms with Crippen molar-refractivity contribution in [1.82, 2.24) is 9.80 Å². The minimum Gasteiger partial charge on any atom is -0.483 e. The normalized spacial score (nSPS) is 15.5. The highest BCUT2D eigenvalue weighted by Crippen LogP contribution is 2.40. The molecule has 1 saturated heterocycles. The lowest BCUT2D eigenvalue weighted by atomic mass is 9.78. The first-order chi connectivity index (χ1) is 15.9. The molecule has 0 unspecified atom stereocenters. The number of carbonyl (C=O) groups excluding carboxylic acids is 1. The Morgan fingerprint density at radius 1 is 0.912 bits per heavy atom. The Balaban J connectivity index is 1.67. The van der Waals surface area contributed by atoms with E-state index in [4.69, 9.17) is 16.3 Å². The van der Waals surface area contributed by atoms with Crippen LogP contribution in [-0.4, -0.2) is 53.6 Å². The number of hydrogen-bond acceptors (Lipinski definition) is 4. The van der Waals surface area contributed by atoms with E-state index in [0.29, 0.717) is 13.1 Å². The summed E-state index contributed by atoms with van der Waals surface area (Å²) in [7, 11) is 0. The van der Waals surface area contributed by atoms with E-state index < -0.39 is 0 Å². The average molecular weight is 487 g/mol. The zero-order valence-electron chi connectivity index (χ0n) is 21.4. The number of halogens is 1. The molecule has 1 N–H and O–H groups in total. The summed E-state index contributed by atoms with van der Waals surface area (Å²) in [5.41, 5.74) is 3.76. The van der Waals surface area contributed by atoms with Gasteiger partial charge in [0.25, 0.3) is 5.91 Å². The molecule has 3 rings (SSSR count). The van der Waals surface area contributed by atoms with Gasteiger partial charge < -0.3 is 14.7 Å². The third kappa shape index (κ3) is 6.74. The molecule has 0 aromatic heterocycles. The molecule has 6 heteroatoms. The molecular weight excluding hydrogens is 448 g/mol. The molecule has 1 aliphatic rings. The van der Waals surface area contributed by atoms with Gasteiger partial charge in [-0.25, -0.2) is 0 Å². The molecule has 2 aromatic rings. The lowest BCUT2D eigenvalue weighted by molar-refractivity contribution is -0.135. The maximum absolute atomic E-state index is 13.0. The first-order valence-electron chi connectivity index (χ1n) is 12.0. The van der Waals surface area contributed by atoms with Crippen molar-refractivity contribution in [3.63, 3.8) is 0 Å². The maximum atomic E-state index is 13.0. The van der Waals surface area contributed by atoms with Crippen molar-refractivity contribution in [3.05, 3.63) is 63.7 Å². The molecule has 2 aromatic carbocycles. The number of carbonyl (C=O) groups is 1. The second-order valence-corrected chi connectivity index (χ2v) is 11.7. The van der Waals surface area contributed by atoms with Crippen LogP contribution in [0, 0.1) is 0 Å². The standard InChI is InChI=1S/C28H39ClN2O3/c1-27(2,3)23-15-21(18-32)16-24(28(4,5)6)26(23)34-19-25(33)31-13-11-30(12-14-31)17-20-7-9-22(29)10-8-20/h7-10,15-16,32H,11-14,17-19H2,1-6H3. The topological polar surface area (TPSA) is 53.0 Å². The Bertz CT molecular complexity index is 947. The van der Waals surface area contributed by atoms with Crippen molar-refractivity contribution < 1.29 is 14.6 Å². The van der Waals surface area contributed by atoms with E-state index >= 15 is 0 Å². The summed E-state index contributed by atoms with van der Waals surface area (Å²) in [4.78, 5) is 17.3. The van der Waals surface area contributed by atoms with Gasteiger partial charge in [0.2, 0.25) is 0 Å². The number of amides is 1. The van der Waals surface area contributed by atoms with Gasteiger partial charge in [-0.2, -0.15) is 0 Å². The lowest BCUT2D eigenvalue weighted by Gasteiger charge is -2.35. The predicted molar refractivity (Wildman–Crippen MR) is 139 cm³/mol. The Kier molecular flexibility index (Phi) is 8.33. The van der Waals surface area contributed by atoms with Gasteiger partial charge in [0.15, 0.2) is 6.61 Å². The van der Waals surface area contributed by atoms with Crippen molar-refractivity contribution >= 4 is 17.5 Å². The fraction of sp³-hybridized carbons (Fsp3) is 0.536. The monoisotopic (exact) mass is 486 g/mol. The van der Waals surface area contributed by atoms with E-state index in [9.17, 15) is 9.90 Å². The first-order valence-corrected chi connectivity index (χ1v) is 12.4. The Morgan fingerprint density at radius 2 is 1.44 bits per heavy atom. The Hall–Kier alpha value is -2.08. The van der Waals surface area contributed by atoms with Crippen LogP contribution < -0.4 is 4.74 Å². The number of nitrogens with zero attached hydrogens (tertiary/aromatic N) is 2. The Labute approximate surface area is 209 Å². The zero-order valence-corrected chi connectivity index (χ0v) is 22.2. The molecule has 0 spiro atoms. The molecule has 1 amide bonds. The summed E-state index contributed by atoms with van der Waals surface area (Å²) in [5, 5.41) is 10.6. The fourth-order valence-electron chi connectivity index (χ4n) is 4.28. The van der Waals surface area contributed by atoms with Crippen molar-refractivity contribution in [1.29, 1.82) is 0 Å². The average Bonchev–Trinajstić information content (AvgIpc) is 2.77. The van der Waals surface area contributed by atoms with Crippen LogP contribution in [0.2, 0.25) is 5.02 Å². The van der Waals surface area contributed by atoms with Crippen LogP contribution >= 0.6 is 11.6 Å². The molecule has 1 aliphatic heterocycles. The zero-order chi connectivity index (χ0) is 25.1. The van der Waals surface area contributed by atoms with Crippen molar-refractivity contribution in [2.24, 2.45) is 0 Å². The number of rotatable bonds is 6. The summed E-state index contributed by atoms with van der Waals surface area (Å²) in [6.45, 7) is 16.7. The van der Waals surface area contributed by atoms with Gasteiger partial charge in [0.05, 0.1) is 6.61 Å². The van der Waals surface area contributed by atoms with Crippen LogP contribution in [0.1, 0.15) is 63.8 Å². The van der Waals surface area contributed by atoms with Crippen molar-refractivity contribution in [2.75, 3.05) is 32.8 Å². The van der Waals surface area contributed by atoms with Crippen LogP contribution in [0.3, 0.4) is 0 Å². The van der Waals surface area contributed by atoms with Gasteiger partial charge >= 0.3 is 0 Å². The van der Waals surface area contributed by atoms with Crippen LogP contribution in [0.4, 0.5) is 0 Å². The molecule has 1 heterocycles. The van der Waals surface area contributed by atoms with Crippen LogP contribution in [-0.2, 0) is 28.8 Å². The van der Waals surface area contributed by atoms with Crippen molar-refractivity contribution in [2.45, 2.75) is 65.5 Å². The van der Waals surface area contributed by atoms with E-state index in [1.54, 1.807) is 0 Å². The number of aliphatic hydroxyl groups is 1. The smallest absolute Gasteiger partial charge is 0.260 e. The molecule has 5 nitrogen and oxygen atoms in total. The van der Waals surface area contributed by atoms with E-state index in [-0.39, 0.29) is 30.0 Å². The number of aliphatic hydroxyl groups excluding tert-OH is 1. The number of benzene rings is 2. The molecular formula is C28H39ClN2O3. The predicted octanol–water partition coefficient (Wildman–Crippen LogP) is 5.15. The Morgan fingerprint density at radius 3 is 1.91 bits per heavy atom. The second kappa shape index (κ2) is 10.7. The SMILES string of the molecule is CC(C)(C)c1cc(CO)cc(C(C)(C)C)c1OCC(=O)N1CCN(Cc2ccc(Cl)cc2)CC1. The van der Waals surface area contributed by atoms with Gasteiger partial charge in [-0.15, -0.1) is 0 Å². The summed E-state index contributed by atoms with van der Waals surface area (Å²) < 4.78 is 6.27. The minimum atomic E-state index is -0.184. The number of hydrogen-bond donors (Lipinski definition) is 1. The fourth-order valence-corrected chi connectivity index (χ4v) is 4.40. The molecule has 0 aliphatic carbocycles. The second-order valence-electron chi connectivity index (χ2n) is 11.3. The molecule has 1 fully saturated rings. The van der Waals surface area contributed by atoms with Gasteiger partial charge in [-0.3, -0.25) is 9.69 Å². The summed E-state index contributed by atoms with van der Waals surface area (Å²) in [5.74, 6) is 0.782. The summed E-state index contributed by atoms with van der Waals surface area (Å²) in [6.07, 6.45) is 0. The highest BCUT2D eigenvalue weighted by molar-refractivity contribution is 6.30. The lowest BCUT2D eigenvalue weighted by Crippen LogP contribution is -2.49. The van der Waals surface area contributed by atoms with Gasteiger partial charge in [0, 0.05) is 48.9 Å². The quantitative estimate of drug-likeness (QED) is 0.613. The highest BCUT2D eigenvalue weighted by atomic mass is 35.5. The van der Waals surface area contributed by atoms with E-state index in [1.807, 2.05) is 29.2 Å². The maximum Gasteiger partial charge on any atom is 0.260 e. The summed E-state index contributed by atoms with van der Waals surface area (Å²) in [6, 6.07) is 11.9. The van der Waals surface area contributed by atoms with E-state index in [0.717, 1.165) is 47.1 Å². The van der Waals surface area contributed by atoms with Gasteiger partial charge in [0.1, 0.15) is 5.75 Å². The number of ether oxygens (including phenoxy) is 1. The van der Waals surface area contributed by atoms with Crippen LogP contribution in [0.25, 0.3) is 0 Å². The molecule has 0 bridgehead atoms. The van der Waals surface area contributed by atoms with Gasteiger partial charge in [-0.1, -0.05) is 65.3 Å². The van der Waals surface area contributed by atoms with Gasteiger partial charge in [-0.05, 0) is 46.2 Å². The largest absolute Gasteiger partial charge is 0.483 e. The molecule has 34 heavy (non-hydrogen) atoms. The number of piperazine rings is 1. The summed E-state index contributed by atoms with van der Waals surface area (Å²) >= 11 is 5.99. The first kappa shape index (κ1) is 26.5. The third-order valence-electron chi connectivity index (χ3n) is 6.33. The van der Waals surface area contributed by atoms with Crippen LogP contribution in [0.15, 0.2) is 36.4 Å². The van der Waals surface area contributed by atoms with Crippen molar-refractivity contribution in [3.8, 4) is 5.75 Å². The molecule has 186 valence electrons. The molecule has 0 saturated carbocycles. The molecule has 0 atom stereocenters.